The summed E-state index contributed by atoms with van der Waals surface area (Å²) in [5, 5.41) is 11.7. The van der Waals surface area contributed by atoms with Crippen molar-refractivity contribution in [2.24, 2.45) is 17.6 Å². The van der Waals surface area contributed by atoms with Gasteiger partial charge in [0.2, 0.25) is 5.91 Å². The van der Waals surface area contributed by atoms with Crippen LogP contribution in [-0.4, -0.2) is 30.2 Å². The van der Waals surface area contributed by atoms with Crippen molar-refractivity contribution in [3.05, 3.63) is 0 Å². The highest BCUT2D eigenvalue weighted by molar-refractivity contribution is 5.76. The lowest BCUT2D eigenvalue weighted by Crippen LogP contribution is -2.35. The molecule has 0 aromatic carbocycles. The molecule has 4 N–H and O–H groups in total. The number of carbonyl (C=O) groups is 1. The van der Waals surface area contributed by atoms with Gasteiger partial charge in [-0.1, -0.05) is 13.3 Å². The molecule has 0 aliphatic heterocycles. The maximum Gasteiger partial charge on any atom is 0.221 e. The number of hydrogen-bond acceptors (Lipinski definition) is 3. The van der Waals surface area contributed by atoms with E-state index in [2.05, 4.69) is 12.2 Å². The minimum absolute atomic E-state index is 0.0397. The zero-order chi connectivity index (χ0) is 12.0. The van der Waals surface area contributed by atoms with Crippen LogP contribution in [0.4, 0.5) is 0 Å². The zero-order valence-corrected chi connectivity index (χ0v) is 10.1. The first-order valence-corrected chi connectivity index (χ1v) is 6.30. The summed E-state index contributed by atoms with van der Waals surface area (Å²) in [5.74, 6) is 1.01. The van der Waals surface area contributed by atoms with Crippen molar-refractivity contribution in [3.63, 3.8) is 0 Å². The van der Waals surface area contributed by atoms with Gasteiger partial charge in [-0.3, -0.25) is 4.79 Å². The number of aliphatic hydroxyl groups excluding tert-OH is 1. The number of amides is 1. The normalized spacial score (nSPS) is 19.2. The van der Waals surface area contributed by atoms with Gasteiger partial charge in [-0.05, 0) is 31.1 Å². The van der Waals surface area contributed by atoms with Gasteiger partial charge < -0.3 is 16.2 Å². The maximum atomic E-state index is 11.6. The van der Waals surface area contributed by atoms with E-state index in [1.54, 1.807) is 0 Å². The van der Waals surface area contributed by atoms with E-state index in [4.69, 9.17) is 10.8 Å². The Morgan fingerprint density at radius 3 is 2.75 bits per heavy atom. The number of rotatable bonds is 8. The molecule has 0 bridgehead atoms. The smallest absolute Gasteiger partial charge is 0.221 e. The summed E-state index contributed by atoms with van der Waals surface area (Å²) in [6.07, 6.45) is 4.54. The van der Waals surface area contributed by atoms with Gasteiger partial charge in [0.05, 0.1) is 0 Å². The summed E-state index contributed by atoms with van der Waals surface area (Å²) in [6, 6.07) is 0.0397. The van der Waals surface area contributed by atoms with Gasteiger partial charge in [0.15, 0.2) is 0 Å². The van der Waals surface area contributed by atoms with Crippen LogP contribution in [0.15, 0.2) is 0 Å². The second kappa shape index (κ2) is 6.86. The molecule has 1 aliphatic rings. The van der Waals surface area contributed by atoms with E-state index < -0.39 is 0 Å². The van der Waals surface area contributed by atoms with E-state index in [-0.39, 0.29) is 18.6 Å². The fourth-order valence-corrected chi connectivity index (χ4v) is 1.87. The third-order valence-electron chi connectivity index (χ3n) is 3.35. The quantitative estimate of drug-likeness (QED) is 0.570. The Balaban J connectivity index is 2.12. The fourth-order valence-electron chi connectivity index (χ4n) is 1.87. The molecule has 16 heavy (non-hydrogen) atoms. The van der Waals surface area contributed by atoms with E-state index in [0.29, 0.717) is 24.8 Å². The van der Waals surface area contributed by atoms with Crippen molar-refractivity contribution in [2.75, 3.05) is 13.2 Å². The Morgan fingerprint density at radius 2 is 2.25 bits per heavy atom. The first-order valence-electron chi connectivity index (χ1n) is 6.30. The summed E-state index contributed by atoms with van der Waals surface area (Å²) in [4.78, 5) is 11.6. The molecular weight excluding hydrogens is 204 g/mol. The van der Waals surface area contributed by atoms with Crippen LogP contribution in [0, 0.1) is 11.8 Å². The minimum Gasteiger partial charge on any atom is -0.396 e. The Bertz CT molecular complexity index is 217. The molecular formula is C12H24N2O2. The molecule has 94 valence electrons. The first kappa shape index (κ1) is 13.5. The van der Waals surface area contributed by atoms with E-state index in [9.17, 15) is 4.79 Å². The Hall–Kier alpha value is -0.610. The second-order valence-electron chi connectivity index (χ2n) is 4.80. The van der Waals surface area contributed by atoms with Crippen molar-refractivity contribution in [1.82, 2.24) is 5.32 Å². The lowest BCUT2D eigenvalue weighted by atomic mass is 10.0. The molecule has 1 aliphatic carbocycles. The Morgan fingerprint density at radius 1 is 1.56 bits per heavy atom. The average Bonchev–Trinajstić information content (AvgIpc) is 3.07. The molecule has 4 heteroatoms. The topological polar surface area (TPSA) is 75.3 Å². The number of nitrogens with two attached hydrogens (primary N) is 1. The van der Waals surface area contributed by atoms with Crippen LogP contribution in [0.1, 0.15) is 39.0 Å². The number of carbonyl (C=O) groups excluding carboxylic acids is 1. The zero-order valence-electron chi connectivity index (χ0n) is 10.1. The highest BCUT2D eigenvalue weighted by atomic mass is 16.3. The van der Waals surface area contributed by atoms with Crippen LogP contribution >= 0.6 is 0 Å². The van der Waals surface area contributed by atoms with Crippen molar-refractivity contribution >= 4 is 5.91 Å². The molecule has 1 amide bonds. The van der Waals surface area contributed by atoms with Crippen molar-refractivity contribution in [3.8, 4) is 0 Å². The van der Waals surface area contributed by atoms with Crippen molar-refractivity contribution < 1.29 is 9.90 Å². The third-order valence-corrected chi connectivity index (χ3v) is 3.35. The highest BCUT2D eigenvalue weighted by Gasteiger charge is 2.29. The van der Waals surface area contributed by atoms with Gasteiger partial charge in [0.25, 0.3) is 0 Å². The number of hydrogen-bond donors (Lipinski definition) is 3. The summed E-state index contributed by atoms with van der Waals surface area (Å²) in [7, 11) is 0. The van der Waals surface area contributed by atoms with Gasteiger partial charge in [0, 0.05) is 25.6 Å². The van der Waals surface area contributed by atoms with Crippen LogP contribution < -0.4 is 11.1 Å². The Labute approximate surface area is 97.6 Å². The second-order valence-corrected chi connectivity index (χ2v) is 4.80. The molecule has 2 atom stereocenters. The summed E-state index contributed by atoms with van der Waals surface area (Å²) >= 11 is 0. The van der Waals surface area contributed by atoms with Crippen LogP contribution in [0.25, 0.3) is 0 Å². The lowest BCUT2D eigenvalue weighted by molar-refractivity contribution is -0.121. The van der Waals surface area contributed by atoms with Gasteiger partial charge in [-0.2, -0.15) is 0 Å². The molecule has 1 saturated carbocycles. The largest absolute Gasteiger partial charge is 0.396 e. The maximum absolute atomic E-state index is 11.6. The summed E-state index contributed by atoms with van der Waals surface area (Å²) < 4.78 is 0. The van der Waals surface area contributed by atoms with E-state index in [1.165, 1.54) is 12.8 Å². The van der Waals surface area contributed by atoms with E-state index in [0.717, 1.165) is 12.8 Å². The standard InChI is InChI=1S/C12H24N2O2/c1-2-9(5-6-15)8-14-12(16)7-11(13)10-3-4-10/h9-11,15H,2-8,13H2,1H3,(H,14,16). The fraction of sp³-hybridized carbons (Fsp3) is 0.917. The molecule has 1 rings (SSSR count). The lowest BCUT2D eigenvalue weighted by Gasteiger charge is -2.15. The third kappa shape index (κ3) is 4.94. The van der Waals surface area contributed by atoms with Gasteiger partial charge >= 0.3 is 0 Å². The molecule has 0 aromatic rings. The average molecular weight is 228 g/mol. The molecule has 0 heterocycles. The van der Waals surface area contributed by atoms with E-state index in [1.807, 2.05) is 0 Å². The highest BCUT2D eigenvalue weighted by Crippen LogP contribution is 2.32. The molecule has 2 unspecified atom stereocenters. The van der Waals surface area contributed by atoms with Crippen LogP contribution in [-0.2, 0) is 4.79 Å². The van der Waals surface area contributed by atoms with Gasteiger partial charge in [-0.15, -0.1) is 0 Å². The molecule has 1 fully saturated rings. The molecule has 4 nitrogen and oxygen atoms in total. The predicted molar refractivity (Wildman–Crippen MR) is 63.8 cm³/mol. The SMILES string of the molecule is CCC(CCO)CNC(=O)CC(N)C1CC1. The molecule has 0 radical (unpaired) electrons. The first-order chi connectivity index (χ1) is 7.67. The molecule has 0 aromatic heterocycles. The minimum atomic E-state index is 0.0397. The van der Waals surface area contributed by atoms with Crippen LogP contribution in [0.5, 0.6) is 0 Å². The summed E-state index contributed by atoms with van der Waals surface area (Å²) in [5.41, 5.74) is 5.88. The summed E-state index contributed by atoms with van der Waals surface area (Å²) in [6.45, 7) is 2.92. The number of nitrogens with one attached hydrogen (secondary N) is 1. The van der Waals surface area contributed by atoms with Crippen molar-refractivity contribution in [2.45, 2.75) is 45.1 Å². The van der Waals surface area contributed by atoms with E-state index >= 15 is 0 Å². The van der Waals surface area contributed by atoms with Crippen molar-refractivity contribution in [1.29, 1.82) is 0 Å². The van der Waals surface area contributed by atoms with Crippen LogP contribution in [0.3, 0.4) is 0 Å². The predicted octanol–water partition coefficient (Wildman–Crippen LogP) is 0.639. The van der Waals surface area contributed by atoms with Gasteiger partial charge in [0.1, 0.15) is 0 Å². The van der Waals surface area contributed by atoms with Gasteiger partial charge in [-0.25, -0.2) is 0 Å². The Kier molecular flexibility index (Phi) is 5.77. The monoisotopic (exact) mass is 228 g/mol. The molecule has 0 spiro atoms. The molecule has 0 saturated heterocycles. The number of aliphatic hydroxyl groups is 1. The van der Waals surface area contributed by atoms with Crippen LogP contribution in [0.2, 0.25) is 0 Å².